The van der Waals surface area contributed by atoms with Gasteiger partial charge in [-0.2, -0.15) is 0 Å². The number of piperidine rings is 1. The second kappa shape index (κ2) is 8.31. The number of hydrogen-bond acceptors (Lipinski definition) is 5. The number of carbonyl (C=O) groups excluding carboxylic acids is 4. The Hall–Kier alpha value is -3.75. The van der Waals surface area contributed by atoms with Gasteiger partial charge in [0.05, 0.1) is 5.92 Å². The highest BCUT2D eigenvalue weighted by molar-refractivity contribution is 6.05. The molecule has 4 amide bonds. The summed E-state index contributed by atoms with van der Waals surface area (Å²) in [4.78, 5) is 50.5. The molecule has 2 unspecified atom stereocenters. The first-order valence-corrected chi connectivity index (χ1v) is 10.8. The molecule has 0 spiro atoms. The van der Waals surface area contributed by atoms with E-state index in [0.717, 1.165) is 11.1 Å². The van der Waals surface area contributed by atoms with Crippen LogP contribution < -0.4 is 15.4 Å². The van der Waals surface area contributed by atoms with Gasteiger partial charge in [-0.3, -0.25) is 24.5 Å². The van der Waals surface area contributed by atoms with Gasteiger partial charge in [0, 0.05) is 25.1 Å². The molecule has 9 heteroatoms. The van der Waals surface area contributed by atoms with Gasteiger partial charge in [-0.05, 0) is 53.8 Å². The minimum absolute atomic E-state index is 0.188. The lowest BCUT2D eigenvalue weighted by atomic mass is 9.96. The van der Waals surface area contributed by atoms with E-state index in [1.807, 2.05) is 6.07 Å². The molecular weight excluding hydrogens is 429 g/mol. The highest BCUT2D eigenvalue weighted by Gasteiger charge is 2.39. The average Bonchev–Trinajstić information content (AvgIpc) is 3.12. The zero-order valence-corrected chi connectivity index (χ0v) is 17.7. The second-order valence-electron chi connectivity index (χ2n) is 8.57. The molecule has 0 saturated carbocycles. The number of imide groups is 1. The van der Waals surface area contributed by atoms with E-state index in [-0.39, 0.29) is 49.7 Å². The van der Waals surface area contributed by atoms with Crippen molar-refractivity contribution in [1.29, 1.82) is 0 Å². The van der Waals surface area contributed by atoms with Gasteiger partial charge < -0.3 is 15.0 Å². The van der Waals surface area contributed by atoms with Gasteiger partial charge in [-0.15, -0.1) is 0 Å². The summed E-state index contributed by atoms with van der Waals surface area (Å²) in [7, 11) is 0. The zero-order valence-electron chi connectivity index (χ0n) is 17.7. The Morgan fingerprint density at radius 2 is 2.00 bits per heavy atom. The van der Waals surface area contributed by atoms with Crippen LogP contribution in [0.25, 0.3) is 0 Å². The lowest BCUT2D eigenvalue weighted by Crippen LogP contribution is -2.52. The van der Waals surface area contributed by atoms with Gasteiger partial charge in [0.15, 0.2) is 0 Å². The van der Waals surface area contributed by atoms with Crippen molar-refractivity contribution in [2.45, 2.75) is 38.4 Å². The summed E-state index contributed by atoms with van der Waals surface area (Å²) in [5.74, 6) is -1.38. The maximum absolute atomic E-state index is 13.5. The highest BCUT2D eigenvalue weighted by Crippen LogP contribution is 2.29. The minimum Gasteiger partial charge on any atom is -0.492 e. The number of nitrogens with one attached hydrogen (secondary N) is 2. The number of ether oxygens (including phenoxy) is 1. The average molecular weight is 451 g/mol. The van der Waals surface area contributed by atoms with Crippen LogP contribution in [0.4, 0.5) is 4.39 Å². The van der Waals surface area contributed by atoms with Crippen molar-refractivity contribution in [3.8, 4) is 5.75 Å². The van der Waals surface area contributed by atoms with E-state index in [2.05, 4.69) is 10.6 Å². The van der Waals surface area contributed by atoms with Crippen LogP contribution in [-0.4, -0.2) is 41.2 Å². The van der Waals surface area contributed by atoms with Crippen LogP contribution in [0.2, 0.25) is 0 Å². The second-order valence-corrected chi connectivity index (χ2v) is 8.57. The van der Waals surface area contributed by atoms with Crippen LogP contribution in [0.1, 0.15) is 39.9 Å². The molecule has 170 valence electrons. The summed E-state index contributed by atoms with van der Waals surface area (Å²) in [6.07, 6.45) is 0.915. The molecule has 5 rings (SSSR count). The molecule has 2 aromatic carbocycles. The van der Waals surface area contributed by atoms with Crippen molar-refractivity contribution >= 4 is 23.6 Å². The lowest BCUT2D eigenvalue weighted by Gasteiger charge is -2.29. The Kier molecular flexibility index (Phi) is 5.32. The third kappa shape index (κ3) is 4.06. The monoisotopic (exact) mass is 451 g/mol. The van der Waals surface area contributed by atoms with E-state index >= 15 is 0 Å². The standard InChI is InChI=1S/C24H22FN3O5/c25-17-2-5-20-14(9-17)8-16(12-33-20)22(30)26-10-13-1-3-18-15(7-13)11-28(24(18)32)19-4-6-21(29)27-23(19)31/h1-3,5,7,9,16,19H,4,6,8,10-12H2,(H,26,30)(H,27,29,31). The summed E-state index contributed by atoms with van der Waals surface area (Å²) in [5.41, 5.74) is 2.80. The Bertz CT molecular complexity index is 1180. The van der Waals surface area contributed by atoms with Gasteiger partial charge in [0.1, 0.15) is 24.2 Å². The summed E-state index contributed by atoms with van der Waals surface area (Å²) >= 11 is 0. The highest BCUT2D eigenvalue weighted by atomic mass is 19.1. The quantitative estimate of drug-likeness (QED) is 0.685. The molecule has 8 nitrogen and oxygen atoms in total. The molecule has 3 aliphatic rings. The molecule has 2 atom stereocenters. The van der Waals surface area contributed by atoms with E-state index < -0.39 is 17.9 Å². The number of amides is 4. The summed E-state index contributed by atoms with van der Waals surface area (Å²) in [6, 6.07) is 8.95. The summed E-state index contributed by atoms with van der Waals surface area (Å²) in [6.45, 7) is 0.774. The molecule has 0 aromatic heterocycles. The number of hydrogen-bond donors (Lipinski definition) is 2. The Morgan fingerprint density at radius 3 is 2.82 bits per heavy atom. The number of nitrogens with zero attached hydrogens (tertiary/aromatic N) is 1. The predicted octanol–water partition coefficient (Wildman–Crippen LogP) is 1.45. The largest absolute Gasteiger partial charge is 0.492 e. The third-order valence-corrected chi connectivity index (χ3v) is 6.35. The normalized spacial score (nSPS) is 21.7. The molecule has 0 aliphatic carbocycles. The first-order chi connectivity index (χ1) is 15.9. The molecule has 3 aliphatic heterocycles. The molecule has 0 radical (unpaired) electrons. The fourth-order valence-electron chi connectivity index (χ4n) is 4.60. The maximum Gasteiger partial charge on any atom is 0.255 e. The SMILES string of the molecule is O=C1CCC(N2Cc3cc(CNC(=O)C4COc5ccc(F)cc5C4)ccc3C2=O)C(=O)N1. The fourth-order valence-corrected chi connectivity index (χ4v) is 4.60. The van der Waals surface area contributed by atoms with E-state index in [0.29, 0.717) is 29.7 Å². The van der Waals surface area contributed by atoms with Crippen molar-refractivity contribution in [2.24, 2.45) is 5.92 Å². The minimum atomic E-state index is -0.662. The van der Waals surface area contributed by atoms with Crippen LogP contribution in [0, 0.1) is 11.7 Å². The van der Waals surface area contributed by atoms with Crippen molar-refractivity contribution in [1.82, 2.24) is 15.5 Å². The van der Waals surface area contributed by atoms with Gasteiger partial charge in [-0.25, -0.2) is 4.39 Å². The lowest BCUT2D eigenvalue weighted by molar-refractivity contribution is -0.137. The van der Waals surface area contributed by atoms with Crippen LogP contribution >= 0.6 is 0 Å². The van der Waals surface area contributed by atoms with Gasteiger partial charge >= 0.3 is 0 Å². The molecular formula is C24H22FN3O5. The zero-order chi connectivity index (χ0) is 23.1. The first kappa shape index (κ1) is 21.1. The molecule has 2 N–H and O–H groups in total. The van der Waals surface area contributed by atoms with Crippen molar-refractivity contribution in [2.75, 3.05) is 6.61 Å². The third-order valence-electron chi connectivity index (χ3n) is 6.35. The first-order valence-electron chi connectivity index (χ1n) is 10.8. The van der Waals surface area contributed by atoms with Gasteiger partial charge in [0.25, 0.3) is 5.91 Å². The molecule has 3 heterocycles. The van der Waals surface area contributed by atoms with Crippen molar-refractivity contribution in [3.63, 3.8) is 0 Å². The molecule has 1 fully saturated rings. The maximum atomic E-state index is 13.5. The van der Waals surface area contributed by atoms with Gasteiger partial charge in [0.2, 0.25) is 17.7 Å². The van der Waals surface area contributed by atoms with E-state index in [1.165, 1.54) is 17.0 Å². The number of fused-ring (bicyclic) bond motifs is 2. The van der Waals surface area contributed by atoms with E-state index in [9.17, 15) is 23.6 Å². The van der Waals surface area contributed by atoms with Crippen molar-refractivity contribution < 1.29 is 28.3 Å². The van der Waals surface area contributed by atoms with Gasteiger partial charge in [-0.1, -0.05) is 12.1 Å². The predicted molar refractivity (Wildman–Crippen MR) is 113 cm³/mol. The Balaban J connectivity index is 1.22. The van der Waals surface area contributed by atoms with Crippen LogP contribution in [-0.2, 0) is 33.9 Å². The summed E-state index contributed by atoms with van der Waals surface area (Å²) in [5, 5.41) is 5.18. The van der Waals surface area contributed by atoms with Crippen molar-refractivity contribution in [3.05, 3.63) is 64.5 Å². The molecule has 1 saturated heterocycles. The van der Waals surface area contributed by atoms with E-state index in [1.54, 1.807) is 18.2 Å². The van der Waals surface area contributed by atoms with Crippen LogP contribution in [0.3, 0.4) is 0 Å². The molecule has 2 aromatic rings. The number of rotatable bonds is 4. The van der Waals surface area contributed by atoms with Crippen LogP contribution in [0.15, 0.2) is 36.4 Å². The smallest absolute Gasteiger partial charge is 0.255 e. The molecule has 33 heavy (non-hydrogen) atoms. The number of carbonyl (C=O) groups is 4. The van der Waals surface area contributed by atoms with Crippen LogP contribution in [0.5, 0.6) is 5.75 Å². The fraction of sp³-hybridized carbons (Fsp3) is 0.333. The summed E-state index contributed by atoms with van der Waals surface area (Å²) < 4.78 is 19.1. The Morgan fingerprint density at radius 1 is 1.15 bits per heavy atom. The Labute approximate surface area is 189 Å². The van der Waals surface area contributed by atoms with E-state index in [4.69, 9.17) is 4.74 Å². The molecule has 0 bridgehead atoms. The topological polar surface area (TPSA) is 105 Å². The number of halogens is 1. The number of benzene rings is 2.